The molecule has 1 heterocycles. The monoisotopic (exact) mass is 305 g/mol. The number of nitrogens with zero attached hydrogens (tertiary/aromatic N) is 1. The molecule has 0 aliphatic carbocycles. The summed E-state index contributed by atoms with van der Waals surface area (Å²) in [4.78, 5) is 13.2. The predicted octanol–water partition coefficient (Wildman–Crippen LogP) is 3.18. The van der Waals surface area contributed by atoms with Gasteiger partial charge in [0.15, 0.2) is 5.81 Å². The standard InChI is InChI=1S/C16H18BF2NO2/c1-4-5-14-13(20(15(17)21)16(2,3)22-14)8-10-6-11(18)9-12(19)7-10/h4,6-7,9,13-14H,1,5,8H2,2-3H3/t13-,14-/m0/s1. The van der Waals surface area contributed by atoms with Crippen molar-refractivity contribution >= 4 is 13.7 Å². The second-order valence-corrected chi connectivity index (χ2v) is 5.88. The molecule has 2 rings (SSSR count). The molecular formula is C16H18BF2NO2. The number of halogens is 2. The number of hydrogen-bond donors (Lipinski definition) is 0. The molecule has 1 aliphatic heterocycles. The first kappa shape index (κ1) is 16.7. The number of amides is 1. The SMILES string of the molecule is [B]C(=O)N1[C@@H](Cc2cc(F)cc(F)c2)[C@H](CC=C)OC1(C)C. The van der Waals surface area contributed by atoms with Crippen molar-refractivity contribution < 1.29 is 18.3 Å². The summed E-state index contributed by atoms with van der Waals surface area (Å²) in [6, 6.07) is 2.90. The van der Waals surface area contributed by atoms with Gasteiger partial charge in [-0.05, 0) is 44.4 Å². The summed E-state index contributed by atoms with van der Waals surface area (Å²) in [5.41, 5.74) is -0.431. The third-order valence-corrected chi connectivity index (χ3v) is 3.78. The number of carbonyl (C=O) groups is 1. The van der Waals surface area contributed by atoms with Gasteiger partial charge >= 0.3 is 0 Å². The van der Waals surface area contributed by atoms with Crippen molar-refractivity contribution in [1.82, 2.24) is 4.90 Å². The van der Waals surface area contributed by atoms with Crippen LogP contribution in [0.15, 0.2) is 30.9 Å². The van der Waals surface area contributed by atoms with Crippen molar-refractivity contribution in [3.05, 3.63) is 48.1 Å². The van der Waals surface area contributed by atoms with Crippen LogP contribution in [0, 0.1) is 11.6 Å². The van der Waals surface area contributed by atoms with E-state index in [1.165, 1.54) is 17.0 Å². The van der Waals surface area contributed by atoms with Gasteiger partial charge in [-0.3, -0.25) is 4.79 Å². The summed E-state index contributed by atoms with van der Waals surface area (Å²) >= 11 is 0. The van der Waals surface area contributed by atoms with Gasteiger partial charge in [-0.1, -0.05) is 6.08 Å². The lowest BCUT2D eigenvalue weighted by atomic mass is 9.95. The van der Waals surface area contributed by atoms with Crippen molar-refractivity contribution in [3.63, 3.8) is 0 Å². The van der Waals surface area contributed by atoms with Gasteiger partial charge in [-0.2, -0.15) is 0 Å². The number of benzene rings is 1. The van der Waals surface area contributed by atoms with Crippen LogP contribution in [-0.4, -0.2) is 36.4 Å². The molecular weight excluding hydrogens is 287 g/mol. The van der Waals surface area contributed by atoms with Gasteiger partial charge in [0, 0.05) is 6.07 Å². The highest BCUT2D eigenvalue weighted by molar-refractivity contribution is 6.57. The van der Waals surface area contributed by atoms with Gasteiger partial charge in [0.25, 0.3) is 0 Å². The van der Waals surface area contributed by atoms with Crippen LogP contribution >= 0.6 is 0 Å². The smallest absolute Gasteiger partial charge is 0.200 e. The first-order chi connectivity index (χ1) is 10.2. The van der Waals surface area contributed by atoms with Crippen molar-refractivity contribution in [2.45, 2.75) is 44.6 Å². The average molecular weight is 305 g/mol. The second kappa shape index (κ2) is 6.20. The number of hydrogen-bond acceptors (Lipinski definition) is 2. The molecule has 0 spiro atoms. The fraction of sp³-hybridized carbons (Fsp3) is 0.438. The Kier molecular flexibility index (Phi) is 4.70. The molecule has 0 bridgehead atoms. The normalized spacial score (nSPS) is 23.5. The van der Waals surface area contributed by atoms with Gasteiger partial charge in [-0.25, -0.2) is 8.78 Å². The van der Waals surface area contributed by atoms with E-state index in [0.717, 1.165) is 6.07 Å². The molecule has 0 aromatic heterocycles. The Hall–Kier alpha value is -1.69. The highest BCUT2D eigenvalue weighted by Gasteiger charge is 2.47. The van der Waals surface area contributed by atoms with E-state index in [4.69, 9.17) is 12.6 Å². The molecule has 3 nitrogen and oxygen atoms in total. The molecule has 1 fully saturated rings. The predicted molar refractivity (Wildman–Crippen MR) is 80.6 cm³/mol. The molecule has 2 radical (unpaired) electrons. The number of rotatable bonds is 4. The highest BCUT2D eigenvalue weighted by atomic mass is 19.1. The Morgan fingerprint density at radius 3 is 2.50 bits per heavy atom. The fourth-order valence-electron chi connectivity index (χ4n) is 3.06. The maximum Gasteiger partial charge on any atom is 0.200 e. The van der Waals surface area contributed by atoms with Crippen molar-refractivity contribution in [2.75, 3.05) is 0 Å². The van der Waals surface area contributed by atoms with Gasteiger partial charge in [-0.15, -0.1) is 6.58 Å². The van der Waals surface area contributed by atoms with E-state index in [1.54, 1.807) is 19.9 Å². The lowest BCUT2D eigenvalue weighted by molar-refractivity contribution is -0.0564. The quantitative estimate of drug-likeness (QED) is 0.631. The van der Waals surface area contributed by atoms with Crippen LogP contribution < -0.4 is 0 Å². The maximum atomic E-state index is 13.4. The van der Waals surface area contributed by atoms with E-state index >= 15 is 0 Å². The van der Waals surface area contributed by atoms with E-state index in [-0.39, 0.29) is 12.5 Å². The summed E-state index contributed by atoms with van der Waals surface area (Å²) in [6.45, 7) is 7.15. The van der Waals surface area contributed by atoms with Crippen LogP contribution in [0.1, 0.15) is 25.8 Å². The molecule has 2 atom stereocenters. The van der Waals surface area contributed by atoms with E-state index in [2.05, 4.69) is 6.58 Å². The van der Waals surface area contributed by atoms with Crippen LogP contribution in [-0.2, 0) is 11.2 Å². The minimum absolute atomic E-state index is 0.250. The van der Waals surface area contributed by atoms with Gasteiger partial charge in [0.2, 0.25) is 7.85 Å². The van der Waals surface area contributed by atoms with E-state index in [1.807, 2.05) is 0 Å². The molecule has 1 amide bonds. The summed E-state index contributed by atoms with van der Waals surface area (Å²) < 4.78 is 32.6. The third-order valence-electron chi connectivity index (χ3n) is 3.78. The van der Waals surface area contributed by atoms with Crippen molar-refractivity contribution in [1.29, 1.82) is 0 Å². The molecule has 1 saturated heterocycles. The third kappa shape index (κ3) is 3.38. The zero-order chi connectivity index (χ0) is 16.5. The second-order valence-electron chi connectivity index (χ2n) is 5.88. The van der Waals surface area contributed by atoms with Gasteiger partial charge in [0.05, 0.1) is 12.1 Å². The lowest BCUT2D eigenvalue weighted by Crippen LogP contribution is -2.48. The number of ether oxygens (including phenoxy) is 1. The van der Waals surface area contributed by atoms with Crippen LogP contribution in [0.3, 0.4) is 0 Å². The molecule has 0 saturated carbocycles. The highest BCUT2D eigenvalue weighted by Crippen LogP contribution is 2.35. The topological polar surface area (TPSA) is 29.5 Å². The summed E-state index contributed by atoms with van der Waals surface area (Å²) in [7, 11) is 5.47. The van der Waals surface area contributed by atoms with E-state index in [9.17, 15) is 13.6 Å². The Morgan fingerprint density at radius 1 is 1.41 bits per heavy atom. The van der Waals surface area contributed by atoms with Gasteiger partial charge in [0.1, 0.15) is 17.4 Å². The minimum Gasteiger partial charge on any atom is -0.350 e. The first-order valence-electron chi connectivity index (χ1n) is 7.07. The Labute approximate surface area is 130 Å². The summed E-state index contributed by atoms with van der Waals surface area (Å²) in [5, 5.41) is 0. The Morgan fingerprint density at radius 2 is 2.00 bits per heavy atom. The fourth-order valence-corrected chi connectivity index (χ4v) is 3.06. The molecule has 6 heteroatoms. The van der Waals surface area contributed by atoms with Crippen LogP contribution in [0.25, 0.3) is 0 Å². The van der Waals surface area contributed by atoms with E-state index in [0.29, 0.717) is 12.0 Å². The molecule has 0 unspecified atom stereocenters. The Balaban J connectivity index is 2.34. The Bertz CT molecular complexity index is 571. The molecule has 22 heavy (non-hydrogen) atoms. The minimum atomic E-state index is -0.879. The molecule has 1 aliphatic rings. The summed E-state index contributed by atoms with van der Waals surface area (Å²) in [5.74, 6) is -1.93. The van der Waals surface area contributed by atoms with Crippen LogP contribution in [0.2, 0.25) is 0 Å². The van der Waals surface area contributed by atoms with Crippen LogP contribution in [0.5, 0.6) is 0 Å². The van der Waals surface area contributed by atoms with Crippen LogP contribution in [0.4, 0.5) is 13.6 Å². The maximum absolute atomic E-state index is 13.4. The van der Waals surface area contributed by atoms with Gasteiger partial charge < -0.3 is 9.64 Å². The zero-order valence-corrected chi connectivity index (χ0v) is 12.7. The van der Waals surface area contributed by atoms with Crippen molar-refractivity contribution in [3.8, 4) is 0 Å². The molecule has 116 valence electrons. The lowest BCUT2D eigenvalue weighted by Gasteiger charge is -2.33. The summed E-state index contributed by atoms with van der Waals surface area (Å²) in [6.07, 6.45) is 2.12. The zero-order valence-electron chi connectivity index (χ0n) is 12.7. The van der Waals surface area contributed by atoms with E-state index < -0.39 is 29.2 Å². The first-order valence-corrected chi connectivity index (χ1v) is 7.07. The number of carbonyl (C=O) groups excluding carboxylic acids is 1. The van der Waals surface area contributed by atoms with Crippen molar-refractivity contribution in [2.24, 2.45) is 0 Å². The molecule has 0 N–H and O–H groups in total. The largest absolute Gasteiger partial charge is 0.350 e. The average Bonchev–Trinajstić information content (AvgIpc) is 2.59. The molecule has 1 aromatic carbocycles. The molecule has 1 aromatic rings.